The lowest BCUT2D eigenvalue weighted by atomic mass is 10.1. The second-order valence-electron chi connectivity index (χ2n) is 11.7. The lowest BCUT2D eigenvalue weighted by Gasteiger charge is -2.14. The number of aliphatic hydroxyl groups excluding tert-OH is 1. The van der Waals surface area contributed by atoms with E-state index in [2.05, 4.69) is 51.4 Å². The van der Waals surface area contributed by atoms with Crippen molar-refractivity contribution in [1.82, 2.24) is 10.2 Å². The summed E-state index contributed by atoms with van der Waals surface area (Å²) >= 11 is 2.20. The first kappa shape index (κ1) is 40.3. The number of ketones is 1. The summed E-state index contributed by atoms with van der Waals surface area (Å²) in [5.74, 6) is 3.32. The number of aromatic amines is 1. The molecule has 4 aromatic rings. The number of anilines is 2. The van der Waals surface area contributed by atoms with Crippen molar-refractivity contribution in [1.29, 1.82) is 0 Å². The van der Waals surface area contributed by atoms with E-state index in [-0.39, 0.29) is 18.2 Å². The molecule has 2 aliphatic rings. The molecule has 6 rings (SSSR count). The number of fused-ring (bicyclic) bond motifs is 4. The van der Waals surface area contributed by atoms with E-state index in [1.165, 1.54) is 18.6 Å². The maximum atomic E-state index is 13.5. The number of benzene rings is 3. The number of halogens is 2. The molecule has 3 aromatic carbocycles. The number of aryl methyl sites for hydroxylation is 1. The van der Waals surface area contributed by atoms with Crippen LogP contribution in [0, 0.1) is 5.82 Å². The van der Waals surface area contributed by atoms with Crippen LogP contribution in [0.25, 0.3) is 11.3 Å². The maximum absolute atomic E-state index is 13.5. The third kappa shape index (κ3) is 11.3. The average molecular weight is 836 g/mol. The van der Waals surface area contributed by atoms with Crippen LogP contribution in [-0.2, 0) is 17.4 Å². The smallest absolute Gasteiger partial charge is 0.163 e. The lowest BCUT2D eigenvalue weighted by Crippen LogP contribution is -2.04. The normalized spacial score (nSPS) is 12.3. The molecule has 0 saturated carbocycles. The standard InChI is InChI=1S/C21H22FN3O3.C14H18IO4P.C3H8/c1-2-27-19-12-16-13(10-18(19)28-8-4-7-26)9-17-20(16)24-25-21(17)23-15-6-3-5-14(22)11-15;1-2-17-14-9-11-10(4-5-12(11)16)8-13(14)18-6-3-7-19-20-15;1-3-2/h3,5-6,10-12,26H,2,4,7-9H2,1H3,(H2,23,24,25);8-9,20H,2-7H2,1H3;3H2,1-2H3. The predicted molar refractivity (Wildman–Crippen MR) is 210 cm³/mol. The molecular weight excluding hydrogens is 787 g/mol. The van der Waals surface area contributed by atoms with Crippen LogP contribution in [0.5, 0.6) is 23.0 Å². The summed E-state index contributed by atoms with van der Waals surface area (Å²) in [5, 5.41) is 19.6. The second kappa shape index (κ2) is 21.2. The highest BCUT2D eigenvalue weighted by Gasteiger charge is 2.27. The molecule has 1 unspecified atom stereocenters. The van der Waals surface area contributed by atoms with Crippen molar-refractivity contribution in [2.45, 2.75) is 66.2 Å². The van der Waals surface area contributed by atoms with E-state index in [0.29, 0.717) is 87.5 Å². The molecule has 0 fully saturated rings. The summed E-state index contributed by atoms with van der Waals surface area (Å²) in [6.07, 6.45) is 4.73. The molecule has 276 valence electrons. The minimum Gasteiger partial charge on any atom is -0.490 e. The molecule has 1 atom stereocenters. The van der Waals surface area contributed by atoms with Gasteiger partial charge in [-0.1, -0.05) is 26.3 Å². The van der Waals surface area contributed by atoms with Gasteiger partial charge in [0.2, 0.25) is 0 Å². The molecule has 1 heterocycles. The summed E-state index contributed by atoms with van der Waals surface area (Å²) in [6, 6.07) is 14.0. The molecule has 3 N–H and O–H groups in total. The number of aliphatic hydroxyl groups is 1. The first-order valence-electron chi connectivity index (χ1n) is 17.4. The van der Waals surface area contributed by atoms with Crippen molar-refractivity contribution in [3.05, 3.63) is 76.6 Å². The van der Waals surface area contributed by atoms with Crippen LogP contribution in [0.2, 0.25) is 0 Å². The molecule has 0 aliphatic heterocycles. The first-order chi connectivity index (χ1) is 24.9. The van der Waals surface area contributed by atoms with E-state index < -0.39 is 0 Å². The van der Waals surface area contributed by atoms with Gasteiger partial charge < -0.3 is 33.9 Å². The van der Waals surface area contributed by atoms with Gasteiger partial charge in [0, 0.05) is 54.7 Å². The molecule has 0 radical (unpaired) electrons. The Balaban J connectivity index is 0.000000223. The largest absolute Gasteiger partial charge is 0.490 e. The van der Waals surface area contributed by atoms with E-state index in [1.54, 1.807) is 12.1 Å². The highest BCUT2D eigenvalue weighted by molar-refractivity contribution is 14.2. The highest BCUT2D eigenvalue weighted by Crippen LogP contribution is 2.44. The Morgan fingerprint density at radius 1 is 0.863 bits per heavy atom. The van der Waals surface area contributed by atoms with Gasteiger partial charge in [0.05, 0.1) is 45.2 Å². The van der Waals surface area contributed by atoms with Crippen LogP contribution in [0.4, 0.5) is 15.9 Å². The summed E-state index contributed by atoms with van der Waals surface area (Å²) in [7, 11) is 0. The van der Waals surface area contributed by atoms with Crippen molar-refractivity contribution in [2.75, 3.05) is 45.0 Å². The van der Waals surface area contributed by atoms with Gasteiger partial charge in [0.25, 0.3) is 0 Å². The maximum Gasteiger partial charge on any atom is 0.163 e. The monoisotopic (exact) mass is 835 g/mol. The summed E-state index contributed by atoms with van der Waals surface area (Å²) < 4.78 is 41.7. The number of rotatable bonds is 16. The Labute approximate surface area is 314 Å². The number of nitrogens with zero attached hydrogens (tertiary/aromatic N) is 1. The molecule has 51 heavy (non-hydrogen) atoms. The van der Waals surface area contributed by atoms with Crippen LogP contribution in [0.1, 0.15) is 80.4 Å². The van der Waals surface area contributed by atoms with E-state index in [0.717, 1.165) is 52.1 Å². The van der Waals surface area contributed by atoms with Crippen LogP contribution in [0.15, 0.2) is 48.5 Å². The Kier molecular flexibility index (Phi) is 16.7. The van der Waals surface area contributed by atoms with Gasteiger partial charge in [-0.25, -0.2) is 4.39 Å². The quantitative estimate of drug-likeness (QED) is 0.0507. The average Bonchev–Trinajstić information content (AvgIpc) is 3.79. The van der Waals surface area contributed by atoms with Gasteiger partial charge in [0.15, 0.2) is 34.6 Å². The van der Waals surface area contributed by atoms with Crippen LogP contribution in [-0.4, -0.2) is 60.7 Å². The number of hydrogen-bond acceptors (Lipinski definition) is 9. The number of H-pyrrole nitrogens is 1. The third-order valence-corrected chi connectivity index (χ3v) is 8.96. The van der Waals surface area contributed by atoms with E-state index >= 15 is 0 Å². The van der Waals surface area contributed by atoms with Crippen LogP contribution >= 0.6 is 28.5 Å². The number of nitrogens with one attached hydrogen (secondary N) is 2. The highest BCUT2D eigenvalue weighted by atomic mass is 127. The van der Waals surface area contributed by atoms with Crippen molar-refractivity contribution in [3.63, 3.8) is 0 Å². The van der Waals surface area contributed by atoms with Crippen LogP contribution in [0.3, 0.4) is 0 Å². The Hall–Kier alpha value is -3.45. The first-order valence-corrected chi connectivity index (χ1v) is 21.5. The Morgan fingerprint density at radius 3 is 2.16 bits per heavy atom. The predicted octanol–water partition coefficient (Wildman–Crippen LogP) is 9.38. The van der Waals surface area contributed by atoms with E-state index in [1.807, 2.05) is 38.1 Å². The van der Waals surface area contributed by atoms with Gasteiger partial charge in [-0.2, -0.15) is 5.10 Å². The molecule has 10 nitrogen and oxygen atoms in total. The fourth-order valence-corrected chi connectivity index (χ4v) is 6.43. The molecule has 1 aromatic heterocycles. The van der Waals surface area contributed by atoms with Crippen molar-refractivity contribution < 1.29 is 37.8 Å². The van der Waals surface area contributed by atoms with Gasteiger partial charge >= 0.3 is 0 Å². The van der Waals surface area contributed by atoms with Gasteiger partial charge in [0.1, 0.15) is 5.82 Å². The fourth-order valence-electron chi connectivity index (χ4n) is 5.55. The fraction of sp³-hybridized carbons (Fsp3) is 0.421. The van der Waals surface area contributed by atoms with E-state index in [4.69, 9.17) is 28.6 Å². The number of aromatic nitrogens is 2. The van der Waals surface area contributed by atoms with Gasteiger partial charge in [-0.3, -0.25) is 9.89 Å². The van der Waals surface area contributed by atoms with E-state index in [9.17, 15) is 9.18 Å². The number of ether oxygens (including phenoxy) is 4. The van der Waals surface area contributed by atoms with Crippen LogP contribution < -0.4 is 24.3 Å². The van der Waals surface area contributed by atoms with Crippen molar-refractivity contribution in [2.24, 2.45) is 0 Å². The van der Waals surface area contributed by atoms with Crippen molar-refractivity contribution in [3.8, 4) is 34.3 Å². The second-order valence-corrected chi connectivity index (χ2v) is 13.5. The SMILES string of the molecule is CCC.CCOc1cc2c(cc1OCCCO)Cc1c(Nc3cccc(F)c3)n[nH]c1-2.CCOc1cc2c(cc1OCCCOPI)CCC2=O. The summed E-state index contributed by atoms with van der Waals surface area (Å²) in [6.45, 7) is 11.5. The third-order valence-electron chi connectivity index (χ3n) is 7.71. The minimum absolute atomic E-state index is 0.0836. The molecule has 0 amide bonds. The minimum atomic E-state index is -0.300. The van der Waals surface area contributed by atoms with Gasteiger partial charge in [-0.05, 0) is 95.9 Å². The zero-order chi connectivity index (χ0) is 36.6. The molecule has 2 aliphatic carbocycles. The molecular formula is C38H48FIN3O7P. The van der Waals surface area contributed by atoms with Crippen molar-refractivity contribution >= 4 is 45.8 Å². The molecule has 13 heteroatoms. The molecule has 0 spiro atoms. The van der Waals surface area contributed by atoms with Gasteiger partial charge in [-0.15, -0.1) is 0 Å². The molecule has 0 saturated heterocycles. The number of carbonyl (C=O) groups is 1. The molecule has 0 bridgehead atoms. The zero-order valence-electron chi connectivity index (χ0n) is 29.7. The zero-order valence-corrected chi connectivity index (χ0v) is 32.9. The topological polar surface area (TPSA) is 124 Å². The number of hydrogen-bond donors (Lipinski definition) is 3. The lowest BCUT2D eigenvalue weighted by molar-refractivity contribution is 0.0994. The summed E-state index contributed by atoms with van der Waals surface area (Å²) in [5.41, 5.74) is 6.58. The Bertz CT molecular complexity index is 1720. The number of Topliss-reactive ketones (excluding diaryl/α,β-unsaturated/α-hetero) is 1. The number of carbonyl (C=O) groups excluding carboxylic acids is 1. The Morgan fingerprint density at radius 2 is 1.51 bits per heavy atom. The summed E-state index contributed by atoms with van der Waals surface area (Å²) in [4.78, 5) is 11.8.